The van der Waals surface area contributed by atoms with E-state index in [4.69, 9.17) is 0 Å². The molecule has 70 valence electrons. The maximum Gasteiger partial charge on any atom is 0.276 e. The van der Waals surface area contributed by atoms with Crippen LogP contribution in [-0.4, -0.2) is 39.6 Å². The van der Waals surface area contributed by atoms with Crippen molar-refractivity contribution in [3.05, 3.63) is 18.4 Å². The number of aliphatic hydroxyl groups is 1. The Morgan fingerprint density at radius 2 is 2.46 bits per heavy atom. The Kier molecular flexibility index (Phi) is 1.63. The molecule has 0 atom stereocenters. The van der Waals surface area contributed by atoms with Crippen molar-refractivity contribution in [2.75, 3.05) is 13.1 Å². The molecule has 0 radical (unpaired) electrons. The van der Waals surface area contributed by atoms with Crippen molar-refractivity contribution in [2.24, 2.45) is 0 Å². The van der Waals surface area contributed by atoms with Crippen molar-refractivity contribution >= 4 is 5.91 Å². The Bertz CT molecular complexity index is 310. The van der Waals surface area contributed by atoms with E-state index in [0.29, 0.717) is 13.1 Å². The van der Waals surface area contributed by atoms with Crippen LogP contribution in [0.2, 0.25) is 0 Å². The molecule has 1 N–H and O–H groups in total. The molecule has 1 saturated heterocycles. The van der Waals surface area contributed by atoms with Crippen LogP contribution in [0.25, 0.3) is 0 Å². The number of nitrogens with zero attached hydrogens (tertiary/aromatic N) is 2. The standard InChI is InChI=1S/C8H10N2O3/c1-8(12)3-10(4-8)7(11)6-2-13-5-9-6/h2,5,12H,3-4H2,1H3. The highest BCUT2D eigenvalue weighted by molar-refractivity contribution is 5.92. The maximum absolute atomic E-state index is 11.5. The first-order valence-corrected chi connectivity index (χ1v) is 3.98. The second-order valence-electron chi connectivity index (χ2n) is 3.53. The van der Waals surface area contributed by atoms with Crippen molar-refractivity contribution in [1.82, 2.24) is 9.88 Å². The lowest BCUT2D eigenvalue weighted by atomic mass is 9.97. The molecule has 5 heteroatoms. The summed E-state index contributed by atoms with van der Waals surface area (Å²) in [4.78, 5) is 16.7. The molecule has 0 aliphatic carbocycles. The number of aromatic nitrogens is 1. The van der Waals surface area contributed by atoms with Gasteiger partial charge < -0.3 is 14.4 Å². The van der Waals surface area contributed by atoms with Crippen LogP contribution in [0.5, 0.6) is 0 Å². The van der Waals surface area contributed by atoms with Gasteiger partial charge in [-0.15, -0.1) is 0 Å². The molecule has 1 aliphatic heterocycles. The van der Waals surface area contributed by atoms with Gasteiger partial charge in [-0.1, -0.05) is 0 Å². The minimum Gasteiger partial charge on any atom is -0.451 e. The Morgan fingerprint density at radius 1 is 1.77 bits per heavy atom. The number of oxazole rings is 1. The fraction of sp³-hybridized carbons (Fsp3) is 0.500. The SMILES string of the molecule is CC1(O)CN(C(=O)c2cocn2)C1. The molecule has 0 aromatic carbocycles. The van der Waals surface area contributed by atoms with Gasteiger partial charge in [0.05, 0.1) is 18.7 Å². The van der Waals surface area contributed by atoms with E-state index in [-0.39, 0.29) is 11.6 Å². The van der Waals surface area contributed by atoms with Gasteiger partial charge >= 0.3 is 0 Å². The predicted octanol–water partition coefficient (Wildman–Crippen LogP) is -0.119. The first kappa shape index (κ1) is 8.25. The normalized spacial score (nSPS) is 19.7. The molecule has 1 fully saturated rings. The summed E-state index contributed by atoms with van der Waals surface area (Å²) in [6.45, 7) is 2.41. The van der Waals surface area contributed by atoms with Crippen LogP contribution >= 0.6 is 0 Å². The first-order valence-electron chi connectivity index (χ1n) is 3.98. The molecule has 1 aromatic rings. The summed E-state index contributed by atoms with van der Waals surface area (Å²) in [5, 5.41) is 9.39. The van der Waals surface area contributed by atoms with Crippen LogP contribution < -0.4 is 0 Å². The topological polar surface area (TPSA) is 66.6 Å². The highest BCUT2D eigenvalue weighted by atomic mass is 16.3. The summed E-state index contributed by atoms with van der Waals surface area (Å²) in [5.74, 6) is -0.194. The third kappa shape index (κ3) is 1.42. The van der Waals surface area contributed by atoms with Crippen molar-refractivity contribution in [3.63, 3.8) is 0 Å². The average Bonchev–Trinajstić information content (AvgIpc) is 2.50. The van der Waals surface area contributed by atoms with E-state index in [1.807, 2.05) is 0 Å². The third-order valence-corrected chi connectivity index (χ3v) is 2.00. The van der Waals surface area contributed by atoms with Crippen LogP contribution in [0.1, 0.15) is 17.4 Å². The Morgan fingerprint density at radius 3 is 2.92 bits per heavy atom. The van der Waals surface area contributed by atoms with Crippen LogP contribution in [0.3, 0.4) is 0 Å². The van der Waals surface area contributed by atoms with E-state index < -0.39 is 5.60 Å². The number of likely N-dealkylation sites (tertiary alicyclic amines) is 1. The van der Waals surface area contributed by atoms with E-state index in [1.54, 1.807) is 6.92 Å². The van der Waals surface area contributed by atoms with Gasteiger partial charge in [-0.3, -0.25) is 4.79 Å². The van der Waals surface area contributed by atoms with Crippen LogP contribution in [0.15, 0.2) is 17.1 Å². The van der Waals surface area contributed by atoms with Gasteiger partial charge in [-0.05, 0) is 6.92 Å². The van der Waals surface area contributed by atoms with Gasteiger partial charge in [0.1, 0.15) is 6.26 Å². The van der Waals surface area contributed by atoms with Crippen molar-refractivity contribution in [1.29, 1.82) is 0 Å². The highest BCUT2D eigenvalue weighted by Crippen LogP contribution is 2.21. The van der Waals surface area contributed by atoms with Crippen molar-refractivity contribution < 1.29 is 14.3 Å². The minimum absolute atomic E-state index is 0.194. The maximum atomic E-state index is 11.5. The predicted molar refractivity (Wildman–Crippen MR) is 43.0 cm³/mol. The van der Waals surface area contributed by atoms with Crippen LogP contribution in [-0.2, 0) is 0 Å². The lowest BCUT2D eigenvalue weighted by Crippen LogP contribution is -2.61. The average molecular weight is 182 g/mol. The molecule has 0 saturated carbocycles. The molecule has 5 nitrogen and oxygen atoms in total. The molecule has 1 aromatic heterocycles. The number of rotatable bonds is 1. The number of hydrogen-bond donors (Lipinski definition) is 1. The summed E-state index contributed by atoms with van der Waals surface area (Å²) < 4.78 is 4.69. The molecule has 1 aliphatic rings. The Balaban J connectivity index is 2.02. The van der Waals surface area contributed by atoms with Crippen molar-refractivity contribution in [3.8, 4) is 0 Å². The highest BCUT2D eigenvalue weighted by Gasteiger charge is 2.40. The quantitative estimate of drug-likeness (QED) is 0.657. The second-order valence-corrected chi connectivity index (χ2v) is 3.53. The van der Waals surface area contributed by atoms with Gasteiger partial charge in [-0.2, -0.15) is 0 Å². The number of amides is 1. The lowest BCUT2D eigenvalue weighted by Gasteiger charge is -2.43. The molecule has 2 rings (SSSR count). The monoisotopic (exact) mass is 182 g/mol. The molecule has 0 bridgehead atoms. The molecule has 0 spiro atoms. The van der Waals surface area contributed by atoms with Gasteiger partial charge in [0, 0.05) is 0 Å². The summed E-state index contributed by atoms with van der Waals surface area (Å²) in [6.07, 6.45) is 2.51. The van der Waals surface area contributed by atoms with E-state index in [0.717, 1.165) is 0 Å². The fourth-order valence-electron chi connectivity index (χ4n) is 1.40. The number of carbonyl (C=O) groups excluding carboxylic acids is 1. The van der Waals surface area contributed by atoms with Gasteiger partial charge in [0.15, 0.2) is 12.1 Å². The first-order chi connectivity index (χ1) is 6.08. The zero-order valence-corrected chi connectivity index (χ0v) is 7.23. The Labute approximate surface area is 75.0 Å². The van der Waals surface area contributed by atoms with E-state index in [2.05, 4.69) is 9.40 Å². The molecule has 0 unspecified atom stereocenters. The van der Waals surface area contributed by atoms with E-state index in [9.17, 15) is 9.90 Å². The summed E-state index contributed by atoms with van der Waals surface area (Å²) in [6, 6.07) is 0. The summed E-state index contributed by atoms with van der Waals surface area (Å²) >= 11 is 0. The summed E-state index contributed by atoms with van der Waals surface area (Å²) in [7, 11) is 0. The lowest BCUT2D eigenvalue weighted by molar-refractivity contribution is -0.0670. The van der Waals surface area contributed by atoms with Gasteiger partial charge in [0.2, 0.25) is 0 Å². The summed E-state index contributed by atoms with van der Waals surface area (Å²) in [5.41, 5.74) is -0.449. The van der Waals surface area contributed by atoms with Crippen LogP contribution in [0.4, 0.5) is 0 Å². The molecule has 13 heavy (non-hydrogen) atoms. The van der Waals surface area contributed by atoms with Gasteiger partial charge in [0.25, 0.3) is 5.91 Å². The second kappa shape index (κ2) is 2.56. The fourth-order valence-corrected chi connectivity index (χ4v) is 1.40. The molecule has 1 amide bonds. The molecular formula is C8H10N2O3. The largest absolute Gasteiger partial charge is 0.451 e. The van der Waals surface area contributed by atoms with E-state index >= 15 is 0 Å². The van der Waals surface area contributed by atoms with Crippen LogP contribution in [0, 0.1) is 0 Å². The van der Waals surface area contributed by atoms with Gasteiger partial charge in [-0.25, -0.2) is 4.98 Å². The zero-order valence-electron chi connectivity index (χ0n) is 7.23. The Hall–Kier alpha value is -1.36. The number of hydrogen-bond acceptors (Lipinski definition) is 4. The smallest absolute Gasteiger partial charge is 0.276 e. The zero-order chi connectivity index (χ0) is 9.47. The molecule has 2 heterocycles. The number of β-amino-alcohol motifs (C(OH)–C–C–N with tert-alkyl or cyclic N) is 1. The van der Waals surface area contributed by atoms with E-state index in [1.165, 1.54) is 17.6 Å². The third-order valence-electron chi connectivity index (χ3n) is 2.00. The molecular weight excluding hydrogens is 172 g/mol. The van der Waals surface area contributed by atoms with Crippen molar-refractivity contribution in [2.45, 2.75) is 12.5 Å². The number of carbonyl (C=O) groups is 1. The minimum atomic E-state index is -0.737.